The molecule has 134 valence electrons. The third kappa shape index (κ3) is 5.25. The molecule has 0 aliphatic heterocycles. The highest BCUT2D eigenvalue weighted by atomic mass is 32.2. The molecule has 0 radical (unpaired) electrons. The zero-order valence-corrected chi connectivity index (χ0v) is 15.0. The van der Waals surface area contributed by atoms with Crippen molar-refractivity contribution in [2.24, 2.45) is 5.73 Å². The molecule has 1 heterocycles. The van der Waals surface area contributed by atoms with Gasteiger partial charge >= 0.3 is 0 Å². The fourth-order valence-electron chi connectivity index (χ4n) is 2.12. The van der Waals surface area contributed by atoms with Crippen molar-refractivity contribution in [2.75, 3.05) is 12.9 Å². The van der Waals surface area contributed by atoms with E-state index >= 15 is 0 Å². The summed E-state index contributed by atoms with van der Waals surface area (Å²) in [5.41, 5.74) is 7.23. The molecule has 0 unspecified atom stereocenters. The van der Waals surface area contributed by atoms with E-state index in [0.29, 0.717) is 24.2 Å². The lowest BCUT2D eigenvalue weighted by Gasteiger charge is -2.11. The molecule has 0 bridgehead atoms. The van der Waals surface area contributed by atoms with Gasteiger partial charge in [0, 0.05) is 30.0 Å². The summed E-state index contributed by atoms with van der Waals surface area (Å²) in [4.78, 5) is 19.1. The minimum Gasteiger partial charge on any atom is -0.477 e. The number of carbonyl (C=O) groups excluding carboxylic acids is 1. The second kappa shape index (κ2) is 8.06. The van der Waals surface area contributed by atoms with Gasteiger partial charge in [0.1, 0.15) is 0 Å². The van der Waals surface area contributed by atoms with Crippen LogP contribution in [-0.2, 0) is 16.3 Å². The van der Waals surface area contributed by atoms with Gasteiger partial charge in [-0.1, -0.05) is 25.5 Å². The first kappa shape index (κ1) is 18.9. The van der Waals surface area contributed by atoms with Gasteiger partial charge in [0.15, 0.2) is 0 Å². The highest BCUT2D eigenvalue weighted by molar-refractivity contribution is 7.90. The lowest BCUT2D eigenvalue weighted by atomic mass is 10.1. The normalized spacial score (nSPS) is 11.3. The highest BCUT2D eigenvalue weighted by Gasteiger charge is 2.16. The zero-order chi connectivity index (χ0) is 18.4. The van der Waals surface area contributed by atoms with Crippen molar-refractivity contribution in [3.63, 3.8) is 0 Å². The largest absolute Gasteiger partial charge is 0.477 e. The van der Waals surface area contributed by atoms with Gasteiger partial charge in [0.25, 0.3) is 0 Å². The Morgan fingerprint density at radius 3 is 2.48 bits per heavy atom. The predicted molar refractivity (Wildman–Crippen MR) is 93.3 cm³/mol. The van der Waals surface area contributed by atoms with Crippen molar-refractivity contribution in [2.45, 2.75) is 31.3 Å². The van der Waals surface area contributed by atoms with E-state index in [1.807, 2.05) is 6.92 Å². The van der Waals surface area contributed by atoms with Gasteiger partial charge in [-0.3, -0.25) is 4.79 Å². The number of sulfone groups is 1. The van der Waals surface area contributed by atoms with Crippen molar-refractivity contribution in [3.8, 4) is 5.88 Å². The summed E-state index contributed by atoms with van der Waals surface area (Å²) in [5, 5.41) is -0.258. The molecular weight excluding hydrogens is 342 g/mol. The average molecular weight is 363 g/mol. The number of benzene rings is 1. The molecule has 0 saturated carbocycles. The van der Waals surface area contributed by atoms with E-state index in [1.165, 1.54) is 6.20 Å². The minimum absolute atomic E-state index is 0.258. The second-order valence-electron chi connectivity index (χ2n) is 5.70. The lowest BCUT2D eigenvalue weighted by molar-refractivity contribution is 0.100. The van der Waals surface area contributed by atoms with Crippen LogP contribution in [0.2, 0.25) is 0 Å². The molecule has 2 rings (SSSR count). The second-order valence-corrected chi connectivity index (χ2v) is 7.60. The minimum atomic E-state index is -3.51. The summed E-state index contributed by atoms with van der Waals surface area (Å²) in [5.74, 6) is -0.223. The summed E-state index contributed by atoms with van der Waals surface area (Å²) in [7, 11) is -3.51. The number of ether oxygens (including phenoxy) is 1. The first-order chi connectivity index (χ1) is 11.8. The summed E-state index contributed by atoms with van der Waals surface area (Å²) < 4.78 is 29.0. The number of hydrogen-bond donors (Lipinski definition) is 1. The monoisotopic (exact) mass is 363 g/mol. The molecule has 2 N–H and O–H groups in total. The van der Waals surface area contributed by atoms with Gasteiger partial charge < -0.3 is 10.5 Å². The van der Waals surface area contributed by atoms with Crippen molar-refractivity contribution in [1.82, 2.24) is 9.97 Å². The van der Waals surface area contributed by atoms with Crippen molar-refractivity contribution in [1.29, 1.82) is 0 Å². The number of primary amides is 1. The molecule has 25 heavy (non-hydrogen) atoms. The molecule has 8 heteroatoms. The number of rotatable bonds is 8. The molecule has 1 aromatic carbocycles. The van der Waals surface area contributed by atoms with Crippen LogP contribution in [0.3, 0.4) is 0 Å². The number of carbonyl (C=O) groups is 1. The molecule has 0 saturated heterocycles. The summed E-state index contributed by atoms with van der Waals surface area (Å²) >= 11 is 0. The van der Waals surface area contributed by atoms with Crippen LogP contribution in [0.1, 0.15) is 41.3 Å². The maximum Gasteiger partial charge on any atom is 0.250 e. The van der Waals surface area contributed by atoms with Crippen LogP contribution in [0.5, 0.6) is 5.88 Å². The van der Waals surface area contributed by atoms with Crippen molar-refractivity contribution in [3.05, 3.63) is 47.2 Å². The van der Waals surface area contributed by atoms with Gasteiger partial charge in [0.2, 0.25) is 26.8 Å². The first-order valence-corrected chi connectivity index (χ1v) is 9.78. The number of aromatic nitrogens is 2. The van der Waals surface area contributed by atoms with Crippen molar-refractivity contribution < 1.29 is 17.9 Å². The van der Waals surface area contributed by atoms with Crippen LogP contribution in [0.4, 0.5) is 0 Å². The third-order valence-electron chi connectivity index (χ3n) is 3.50. The standard InChI is InChI=1S/C17H21N3O4S/c1-3-4-9-24-16-14(11-19-17(20-16)25(2,22)23)10-12-5-7-13(8-6-12)15(18)21/h5-8,11H,3-4,9-10H2,1-2H3,(H2,18,21). The Morgan fingerprint density at radius 1 is 1.24 bits per heavy atom. The third-order valence-corrected chi connectivity index (χ3v) is 4.36. The summed E-state index contributed by atoms with van der Waals surface area (Å²) in [6, 6.07) is 6.84. The lowest BCUT2D eigenvalue weighted by Crippen LogP contribution is -2.11. The number of hydrogen-bond acceptors (Lipinski definition) is 6. The molecule has 1 amide bonds. The van der Waals surface area contributed by atoms with Crippen LogP contribution in [0.25, 0.3) is 0 Å². The average Bonchev–Trinajstić information content (AvgIpc) is 2.56. The molecule has 0 aliphatic rings. The number of amides is 1. The van der Waals surface area contributed by atoms with E-state index in [9.17, 15) is 13.2 Å². The van der Waals surface area contributed by atoms with Crippen LogP contribution in [-0.4, -0.2) is 37.2 Å². The first-order valence-electron chi connectivity index (χ1n) is 7.88. The van der Waals surface area contributed by atoms with Crippen molar-refractivity contribution >= 4 is 15.7 Å². The smallest absolute Gasteiger partial charge is 0.250 e. The van der Waals surface area contributed by atoms with Gasteiger partial charge in [-0.2, -0.15) is 4.98 Å². The molecule has 0 fully saturated rings. The molecule has 1 aromatic heterocycles. The zero-order valence-electron chi connectivity index (χ0n) is 14.2. The van der Waals surface area contributed by atoms with Crippen LogP contribution >= 0.6 is 0 Å². The highest BCUT2D eigenvalue weighted by Crippen LogP contribution is 2.21. The van der Waals surface area contributed by atoms with Gasteiger partial charge in [-0.15, -0.1) is 0 Å². The Bertz CT molecular complexity index is 849. The fourth-order valence-corrected chi connectivity index (χ4v) is 2.61. The predicted octanol–water partition coefficient (Wildman–Crippen LogP) is 1.75. The van der Waals surface area contributed by atoms with Crippen LogP contribution in [0.15, 0.2) is 35.6 Å². The molecule has 2 aromatic rings. The van der Waals surface area contributed by atoms with Gasteiger partial charge in [0.05, 0.1) is 6.61 Å². The van der Waals surface area contributed by atoms with Gasteiger partial charge in [-0.25, -0.2) is 13.4 Å². The quantitative estimate of drug-likeness (QED) is 0.565. The molecule has 7 nitrogen and oxygen atoms in total. The van der Waals surface area contributed by atoms with E-state index in [0.717, 1.165) is 24.7 Å². The molecule has 0 atom stereocenters. The van der Waals surface area contributed by atoms with E-state index in [4.69, 9.17) is 10.5 Å². The number of unbranched alkanes of at least 4 members (excludes halogenated alkanes) is 1. The molecule has 0 spiro atoms. The van der Waals surface area contributed by atoms with E-state index in [1.54, 1.807) is 24.3 Å². The van der Waals surface area contributed by atoms with E-state index in [-0.39, 0.29) is 11.0 Å². The van der Waals surface area contributed by atoms with E-state index in [2.05, 4.69) is 9.97 Å². The Labute approximate surface area is 147 Å². The van der Waals surface area contributed by atoms with E-state index < -0.39 is 15.7 Å². The topological polar surface area (TPSA) is 112 Å². The number of nitrogens with zero attached hydrogens (tertiary/aromatic N) is 2. The van der Waals surface area contributed by atoms with Gasteiger partial charge in [-0.05, 0) is 24.1 Å². The van der Waals surface area contributed by atoms with Crippen LogP contribution in [0, 0.1) is 0 Å². The number of nitrogens with two attached hydrogens (primary N) is 1. The maximum atomic E-state index is 11.7. The van der Waals surface area contributed by atoms with Crippen LogP contribution < -0.4 is 10.5 Å². The summed E-state index contributed by atoms with van der Waals surface area (Å²) in [6.07, 6.45) is 4.76. The Kier molecular flexibility index (Phi) is 6.08. The SMILES string of the molecule is CCCCOc1nc(S(C)(=O)=O)ncc1Cc1ccc(C(N)=O)cc1. The molecular formula is C17H21N3O4S. The molecule has 0 aliphatic carbocycles. The fraction of sp³-hybridized carbons (Fsp3) is 0.353. The Balaban J connectivity index is 2.29. The Hall–Kier alpha value is -2.48. The maximum absolute atomic E-state index is 11.7. The summed E-state index contributed by atoms with van der Waals surface area (Å²) in [6.45, 7) is 2.48. The Morgan fingerprint density at radius 2 is 1.92 bits per heavy atom.